The Morgan fingerprint density at radius 2 is 2.00 bits per heavy atom. The fourth-order valence-electron chi connectivity index (χ4n) is 2.55. The van der Waals surface area contributed by atoms with Gasteiger partial charge in [0, 0.05) is 6.42 Å². The molecule has 2 rings (SSSR count). The zero-order chi connectivity index (χ0) is 15.2. The van der Waals surface area contributed by atoms with Crippen molar-refractivity contribution in [2.45, 2.75) is 39.0 Å². The summed E-state index contributed by atoms with van der Waals surface area (Å²) in [5.41, 5.74) is 2.63. The number of allylic oxidation sites excluding steroid dienone is 4. The molecule has 1 aliphatic rings. The van der Waals surface area contributed by atoms with Crippen LogP contribution < -0.4 is 0 Å². The van der Waals surface area contributed by atoms with Gasteiger partial charge in [-0.2, -0.15) is 0 Å². The largest absolute Gasteiger partial charge is 0.478 e. The number of carboxylic acids is 1. The van der Waals surface area contributed by atoms with Gasteiger partial charge in [0.2, 0.25) is 0 Å². The standard InChI is InChI=1S/C18H20O3/c1-2-3-4-7-14-12-13(10-11-17(14)19)15-8-5-6-9-16(15)18(20)21/h5-6,8-10,12H,2-4,7,11H2,1H3,(H,20,21). The van der Waals surface area contributed by atoms with E-state index < -0.39 is 5.97 Å². The molecule has 0 amide bonds. The quantitative estimate of drug-likeness (QED) is 0.795. The zero-order valence-electron chi connectivity index (χ0n) is 12.3. The molecule has 0 aromatic heterocycles. The Bertz CT molecular complexity index is 609. The number of hydrogen-bond acceptors (Lipinski definition) is 2. The average Bonchev–Trinajstić information content (AvgIpc) is 2.49. The molecule has 21 heavy (non-hydrogen) atoms. The Morgan fingerprint density at radius 3 is 2.71 bits per heavy atom. The molecule has 0 fully saturated rings. The predicted octanol–water partition coefficient (Wildman–Crippen LogP) is 4.25. The van der Waals surface area contributed by atoms with Crippen molar-refractivity contribution in [2.75, 3.05) is 0 Å². The summed E-state index contributed by atoms with van der Waals surface area (Å²) in [5, 5.41) is 9.27. The third-order valence-electron chi connectivity index (χ3n) is 3.71. The van der Waals surface area contributed by atoms with Crippen molar-refractivity contribution >= 4 is 17.3 Å². The summed E-state index contributed by atoms with van der Waals surface area (Å²) >= 11 is 0. The van der Waals surface area contributed by atoms with Crippen molar-refractivity contribution in [3.63, 3.8) is 0 Å². The van der Waals surface area contributed by atoms with Crippen LogP contribution >= 0.6 is 0 Å². The Morgan fingerprint density at radius 1 is 1.24 bits per heavy atom. The minimum Gasteiger partial charge on any atom is -0.478 e. The van der Waals surface area contributed by atoms with Crippen molar-refractivity contribution < 1.29 is 14.7 Å². The highest BCUT2D eigenvalue weighted by Crippen LogP contribution is 2.28. The van der Waals surface area contributed by atoms with Crippen LogP contribution in [0.15, 0.2) is 42.0 Å². The summed E-state index contributed by atoms with van der Waals surface area (Å²) in [6.45, 7) is 2.13. The van der Waals surface area contributed by atoms with E-state index in [1.165, 1.54) is 0 Å². The van der Waals surface area contributed by atoms with Crippen LogP contribution in [0.5, 0.6) is 0 Å². The van der Waals surface area contributed by atoms with Gasteiger partial charge in [-0.3, -0.25) is 4.79 Å². The van der Waals surface area contributed by atoms with Crippen LogP contribution in [-0.2, 0) is 4.79 Å². The molecule has 0 saturated carbocycles. The van der Waals surface area contributed by atoms with Crippen molar-refractivity contribution in [3.05, 3.63) is 53.1 Å². The molecule has 110 valence electrons. The summed E-state index contributed by atoms with van der Waals surface area (Å²) in [6.07, 6.45) is 8.06. The monoisotopic (exact) mass is 284 g/mol. The van der Waals surface area contributed by atoms with Crippen LogP contribution in [0.4, 0.5) is 0 Å². The molecule has 1 N–H and O–H groups in total. The number of carbonyl (C=O) groups is 2. The second-order valence-corrected chi connectivity index (χ2v) is 5.26. The first-order valence-electron chi connectivity index (χ1n) is 7.40. The summed E-state index contributed by atoms with van der Waals surface area (Å²) < 4.78 is 0. The first kappa shape index (κ1) is 15.2. The number of rotatable bonds is 6. The number of aromatic carboxylic acids is 1. The van der Waals surface area contributed by atoms with Crippen LogP contribution in [0, 0.1) is 0 Å². The van der Waals surface area contributed by atoms with Crippen LogP contribution in [-0.4, -0.2) is 16.9 Å². The van der Waals surface area contributed by atoms with Gasteiger partial charge in [0.15, 0.2) is 5.78 Å². The number of hydrogen-bond donors (Lipinski definition) is 1. The molecule has 1 aromatic rings. The predicted molar refractivity (Wildman–Crippen MR) is 83.2 cm³/mol. The zero-order valence-corrected chi connectivity index (χ0v) is 12.3. The number of carbonyl (C=O) groups excluding carboxylic acids is 1. The maximum Gasteiger partial charge on any atom is 0.336 e. The van der Waals surface area contributed by atoms with E-state index in [4.69, 9.17) is 0 Å². The molecule has 0 radical (unpaired) electrons. The number of ketones is 1. The van der Waals surface area contributed by atoms with E-state index >= 15 is 0 Å². The van der Waals surface area contributed by atoms with Crippen molar-refractivity contribution in [2.24, 2.45) is 0 Å². The first-order valence-corrected chi connectivity index (χ1v) is 7.40. The van der Waals surface area contributed by atoms with Crippen LogP contribution in [0.1, 0.15) is 54.9 Å². The molecule has 0 saturated heterocycles. The van der Waals surface area contributed by atoms with Gasteiger partial charge >= 0.3 is 5.97 Å². The van der Waals surface area contributed by atoms with Crippen molar-refractivity contribution in [1.29, 1.82) is 0 Å². The van der Waals surface area contributed by atoms with Crippen molar-refractivity contribution in [1.82, 2.24) is 0 Å². The normalized spacial score (nSPS) is 14.6. The second-order valence-electron chi connectivity index (χ2n) is 5.26. The van der Waals surface area contributed by atoms with Gasteiger partial charge in [-0.15, -0.1) is 0 Å². The molecule has 3 nitrogen and oxygen atoms in total. The van der Waals surface area contributed by atoms with Gasteiger partial charge in [0.25, 0.3) is 0 Å². The molecular formula is C18H20O3. The van der Waals surface area contributed by atoms with E-state index in [2.05, 4.69) is 6.92 Å². The van der Waals surface area contributed by atoms with Crippen molar-refractivity contribution in [3.8, 4) is 0 Å². The Hall–Kier alpha value is -2.16. The second kappa shape index (κ2) is 7.02. The van der Waals surface area contributed by atoms with E-state index in [-0.39, 0.29) is 11.3 Å². The number of unbranched alkanes of at least 4 members (excludes halogenated alkanes) is 2. The minimum atomic E-state index is -0.940. The third-order valence-corrected chi connectivity index (χ3v) is 3.71. The number of Topliss-reactive ketones (excluding diaryl/α,β-unsaturated/α-hetero) is 1. The van der Waals surface area contributed by atoms with E-state index in [0.717, 1.165) is 36.8 Å². The van der Waals surface area contributed by atoms with E-state index in [1.54, 1.807) is 18.2 Å². The third kappa shape index (κ3) is 3.69. The van der Waals surface area contributed by atoms with Crippen LogP contribution in [0.2, 0.25) is 0 Å². The maximum absolute atomic E-state index is 12.0. The maximum atomic E-state index is 12.0. The average molecular weight is 284 g/mol. The highest BCUT2D eigenvalue weighted by molar-refractivity contribution is 6.04. The smallest absolute Gasteiger partial charge is 0.336 e. The summed E-state index contributed by atoms with van der Waals surface area (Å²) in [4.78, 5) is 23.3. The van der Waals surface area contributed by atoms with Gasteiger partial charge in [0.1, 0.15) is 0 Å². The van der Waals surface area contributed by atoms with E-state index in [9.17, 15) is 14.7 Å². The molecule has 0 spiro atoms. The topological polar surface area (TPSA) is 54.4 Å². The molecule has 0 unspecified atom stereocenters. The highest BCUT2D eigenvalue weighted by atomic mass is 16.4. The summed E-state index contributed by atoms with van der Waals surface area (Å²) in [7, 11) is 0. The van der Waals surface area contributed by atoms with Crippen LogP contribution in [0.25, 0.3) is 5.57 Å². The molecule has 1 aliphatic carbocycles. The van der Waals surface area contributed by atoms with Gasteiger partial charge in [-0.1, -0.05) is 44.0 Å². The minimum absolute atomic E-state index is 0.155. The number of carboxylic acid groups (broad SMARTS) is 1. The lowest BCUT2D eigenvalue weighted by Gasteiger charge is -2.15. The molecule has 1 aromatic carbocycles. The molecule has 0 bridgehead atoms. The molecule has 0 heterocycles. The Kier molecular flexibility index (Phi) is 5.09. The molecule has 0 atom stereocenters. The summed E-state index contributed by atoms with van der Waals surface area (Å²) in [6, 6.07) is 6.93. The molecular weight excluding hydrogens is 264 g/mol. The highest BCUT2D eigenvalue weighted by Gasteiger charge is 2.18. The van der Waals surface area contributed by atoms with Gasteiger partial charge in [-0.05, 0) is 41.7 Å². The molecule has 0 aliphatic heterocycles. The Labute approximate surface area is 125 Å². The van der Waals surface area contributed by atoms with Gasteiger partial charge in [0.05, 0.1) is 5.56 Å². The lowest BCUT2D eigenvalue weighted by molar-refractivity contribution is -0.115. The van der Waals surface area contributed by atoms with E-state index in [1.807, 2.05) is 18.2 Å². The summed E-state index contributed by atoms with van der Waals surface area (Å²) in [5.74, 6) is -0.785. The fraction of sp³-hybridized carbons (Fsp3) is 0.333. The fourth-order valence-corrected chi connectivity index (χ4v) is 2.55. The SMILES string of the molecule is CCCCCC1=CC(c2ccccc2C(=O)O)=CCC1=O. The number of benzene rings is 1. The lowest BCUT2D eigenvalue weighted by atomic mass is 9.89. The first-order chi connectivity index (χ1) is 10.1. The van der Waals surface area contributed by atoms with Gasteiger partial charge in [-0.25, -0.2) is 4.79 Å². The van der Waals surface area contributed by atoms with Crippen LogP contribution in [0.3, 0.4) is 0 Å². The molecule has 3 heteroatoms. The lowest BCUT2D eigenvalue weighted by Crippen LogP contribution is -2.08. The Balaban J connectivity index is 2.28. The van der Waals surface area contributed by atoms with E-state index in [0.29, 0.717) is 12.0 Å². The van der Waals surface area contributed by atoms with Gasteiger partial charge < -0.3 is 5.11 Å².